The van der Waals surface area contributed by atoms with Crippen molar-refractivity contribution in [1.29, 1.82) is 0 Å². The number of carbonyl (C=O) groups excluding carboxylic acids is 1. The van der Waals surface area contributed by atoms with E-state index in [9.17, 15) is 14.7 Å². The van der Waals surface area contributed by atoms with Crippen LogP contribution in [0.3, 0.4) is 0 Å². The highest BCUT2D eigenvalue weighted by atomic mass is 16.5. The van der Waals surface area contributed by atoms with Crippen LogP contribution in [-0.4, -0.2) is 33.7 Å². The molecule has 1 aliphatic rings. The highest BCUT2D eigenvalue weighted by Crippen LogP contribution is 2.49. The molecule has 1 aromatic carbocycles. The highest BCUT2D eigenvalue weighted by Gasteiger charge is 2.56. The van der Waals surface area contributed by atoms with Crippen molar-refractivity contribution in [2.24, 2.45) is 0 Å². The predicted octanol–water partition coefficient (Wildman–Crippen LogP) is 2.40. The SMILES string of the molecule is COC(=O)C1(c2ncc(C(=O)O)n2[C@H](C)c2ccccc2)CC1. The second-order valence-electron chi connectivity index (χ2n) is 5.80. The molecule has 120 valence electrons. The zero-order valence-electron chi connectivity index (χ0n) is 13.0. The van der Waals surface area contributed by atoms with Gasteiger partial charge in [-0.2, -0.15) is 0 Å². The third kappa shape index (κ3) is 2.40. The summed E-state index contributed by atoms with van der Waals surface area (Å²) in [5.74, 6) is -0.952. The first-order chi connectivity index (χ1) is 11.0. The maximum atomic E-state index is 12.2. The number of nitrogens with zero attached hydrogens (tertiary/aromatic N) is 2. The summed E-state index contributed by atoms with van der Waals surface area (Å²) in [7, 11) is 1.34. The Balaban J connectivity index is 2.13. The third-order valence-corrected chi connectivity index (χ3v) is 4.44. The van der Waals surface area contributed by atoms with Gasteiger partial charge in [0, 0.05) is 0 Å². The van der Waals surface area contributed by atoms with Crippen LogP contribution < -0.4 is 0 Å². The molecule has 1 atom stereocenters. The number of benzene rings is 1. The summed E-state index contributed by atoms with van der Waals surface area (Å²) >= 11 is 0. The van der Waals surface area contributed by atoms with Gasteiger partial charge in [0.2, 0.25) is 0 Å². The van der Waals surface area contributed by atoms with Crippen LogP contribution in [0.2, 0.25) is 0 Å². The Hall–Kier alpha value is -2.63. The Morgan fingerprint density at radius 2 is 1.96 bits per heavy atom. The van der Waals surface area contributed by atoms with Crippen LogP contribution in [0.25, 0.3) is 0 Å². The van der Waals surface area contributed by atoms with Gasteiger partial charge in [-0.05, 0) is 25.3 Å². The van der Waals surface area contributed by atoms with E-state index in [1.54, 1.807) is 4.57 Å². The molecule has 1 heterocycles. The quantitative estimate of drug-likeness (QED) is 0.857. The number of carbonyl (C=O) groups is 2. The molecule has 0 unspecified atom stereocenters. The molecule has 2 aromatic rings. The van der Waals surface area contributed by atoms with Crippen molar-refractivity contribution in [3.05, 3.63) is 53.6 Å². The molecule has 1 saturated carbocycles. The molecule has 0 spiro atoms. The smallest absolute Gasteiger partial charge is 0.354 e. The fourth-order valence-corrected chi connectivity index (χ4v) is 2.99. The van der Waals surface area contributed by atoms with Crippen molar-refractivity contribution in [2.45, 2.75) is 31.2 Å². The van der Waals surface area contributed by atoms with Gasteiger partial charge in [-0.3, -0.25) is 4.79 Å². The molecule has 0 amide bonds. The van der Waals surface area contributed by atoms with Crippen LogP contribution >= 0.6 is 0 Å². The average Bonchev–Trinajstić information content (AvgIpc) is 3.25. The Bertz CT molecular complexity index is 747. The number of aromatic carboxylic acids is 1. The maximum Gasteiger partial charge on any atom is 0.354 e. The van der Waals surface area contributed by atoms with E-state index in [1.807, 2.05) is 37.3 Å². The van der Waals surface area contributed by atoms with Gasteiger partial charge in [-0.25, -0.2) is 9.78 Å². The summed E-state index contributed by atoms with van der Waals surface area (Å²) < 4.78 is 6.54. The monoisotopic (exact) mass is 314 g/mol. The molecule has 0 saturated heterocycles. The molecule has 6 heteroatoms. The molecule has 0 aliphatic heterocycles. The fourth-order valence-electron chi connectivity index (χ4n) is 2.99. The normalized spacial score (nSPS) is 16.6. The lowest BCUT2D eigenvalue weighted by atomic mass is 10.0. The Kier molecular flexibility index (Phi) is 3.67. The number of rotatable bonds is 5. The first-order valence-corrected chi connectivity index (χ1v) is 7.45. The van der Waals surface area contributed by atoms with Crippen LogP contribution in [-0.2, 0) is 14.9 Å². The van der Waals surface area contributed by atoms with E-state index in [4.69, 9.17) is 4.74 Å². The molecular formula is C17H18N2O4. The molecule has 1 aromatic heterocycles. The minimum Gasteiger partial charge on any atom is -0.477 e. The number of esters is 1. The number of carboxylic acids is 1. The Labute approximate surface area is 133 Å². The zero-order chi connectivity index (χ0) is 16.6. The summed E-state index contributed by atoms with van der Waals surface area (Å²) in [6.07, 6.45) is 2.56. The molecule has 6 nitrogen and oxygen atoms in total. The van der Waals surface area contributed by atoms with Crippen molar-refractivity contribution in [3.8, 4) is 0 Å². The first-order valence-electron chi connectivity index (χ1n) is 7.45. The van der Waals surface area contributed by atoms with Crippen LogP contribution in [0.1, 0.15) is 47.7 Å². The lowest BCUT2D eigenvalue weighted by Crippen LogP contribution is -2.28. The molecule has 3 rings (SSSR count). The molecule has 23 heavy (non-hydrogen) atoms. The van der Waals surface area contributed by atoms with E-state index in [2.05, 4.69) is 4.98 Å². The third-order valence-electron chi connectivity index (χ3n) is 4.44. The van der Waals surface area contributed by atoms with Crippen LogP contribution in [0, 0.1) is 0 Å². The van der Waals surface area contributed by atoms with Gasteiger partial charge in [-0.1, -0.05) is 30.3 Å². The van der Waals surface area contributed by atoms with Crippen molar-refractivity contribution >= 4 is 11.9 Å². The summed E-state index contributed by atoms with van der Waals surface area (Å²) in [5, 5.41) is 9.48. The minimum absolute atomic E-state index is 0.0755. The minimum atomic E-state index is -1.06. The fraction of sp³-hybridized carbons (Fsp3) is 0.353. The Morgan fingerprint density at radius 3 is 2.48 bits per heavy atom. The van der Waals surface area contributed by atoms with E-state index in [0.717, 1.165) is 5.56 Å². The second kappa shape index (κ2) is 5.53. The number of ether oxygens (including phenoxy) is 1. The van der Waals surface area contributed by atoms with Gasteiger partial charge in [0.25, 0.3) is 0 Å². The van der Waals surface area contributed by atoms with Crippen LogP contribution in [0.4, 0.5) is 0 Å². The molecule has 0 radical (unpaired) electrons. The standard InChI is InChI=1S/C17H18N2O4/c1-11(12-6-4-3-5-7-12)19-13(14(20)21)10-18-15(19)17(8-9-17)16(22)23-2/h3-7,10-11H,8-9H2,1-2H3,(H,20,21)/t11-/m1/s1. The number of aromatic nitrogens is 2. The van der Waals surface area contributed by atoms with Crippen molar-refractivity contribution in [2.75, 3.05) is 7.11 Å². The summed E-state index contributed by atoms with van der Waals surface area (Å²) in [5.41, 5.74) is 0.215. The van der Waals surface area contributed by atoms with E-state index >= 15 is 0 Å². The van der Waals surface area contributed by atoms with Gasteiger partial charge >= 0.3 is 11.9 Å². The number of imidazole rings is 1. The van der Waals surface area contributed by atoms with E-state index in [0.29, 0.717) is 18.7 Å². The average molecular weight is 314 g/mol. The molecule has 1 N–H and O–H groups in total. The summed E-state index contributed by atoms with van der Waals surface area (Å²) in [6.45, 7) is 1.90. The lowest BCUT2D eigenvalue weighted by Gasteiger charge is -2.22. The van der Waals surface area contributed by atoms with Gasteiger partial charge < -0.3 is 14.4 Å². The van der Waals surface area contributed by atoms with Crippen LogP contribution in [0.5, 0.6) is 0 Å². The summed E-state index contributed by atoms with van der Waals surface area (Å²) in [4.78, 5) is 28.0. The van der Waals surface area contributed by atoms with Gasteiger partial charge in [0.05, 0.1) is 19.3 Å². The zero-order valence-corrected chi connectivity index (χ0v) is 13.0. The molecular weight excluding hydrogens is 296 g/mol. The van der Waals surface area contributed by atoms with E-state index in [-0.39, 0.29) is 17.7 Å². The summed E-state index contributed by atoms with van der Waals surface area (Å²) in [6, 6.07) is 9.31. The van der Waals surface area contributed by atoms with E-state index in [1.165, 1.54) is 13.3 Å². The predicted molar refractivity (Wildman–Crippen MR) is 82.4 cm³/mol. The topological polar surface area (TPSA) is 81.4 Å². The van der Waals surface area contributed by atoms with Gasteiger partial charge in [0.15, 0.2) is 0 Å². The molecule has 1 aliphatic carbocycles. The lowest BCUT2D eigenvalue weighted by molar-refractivity contribution is -0.144. The second-order valence-corrected chi connectivity index (χ2v) is 5.80. The molecule has 1 fully saturated rings. The van der Waals surface area contributed by atoms with Gasteiger partial charge in [0.1, 0.15) is 16.9 Å². The number of hydrogen-bond acceptors (Lipinski definition) is 4. The first kappa shape index (κ1) is 15.3. The molecule has 0 bridgehead atoms. The van der Waals surface area contributed by atoms with E-state index < -0.39 is 11.4 Å². The van der Waals surface area contributed by atoms with Crippen molar-refractivity contribution in [1.82, 2.24) is 9.55 Å². The number of carboxylic acid groups (broad SMARTS) is 1. The maximum absolute atomic E-state index is 12.2. The highest BCUT2D eigenvalue weighted by molar-refractivity contribution is 5.88. The Morgan fingerprint density at radius 1 is 1.30 bits per heavy atom. The largest absolute Gasteiger partial charge is 0.477 e. The number of hydrogen-bond donors (Lipinski definition) is 1. The van der Waals surface area contributed by atoms with Crippen LogP contribution in [0.15, 0.2) is 36.5 Å². The van der Waals surface area contributed by atoms with Crippen molar-refractivity contribution in [3.63, 3.8) is 0 Å². The van der Waals surface area contributed by atoms with Crippen molar-refractivity contribution < 1.29 is 19.4 Å². The number of methoxy groups -OCH3 is 1. The van der Waals surface area contributed by atoms with Gasteiger partial charge in [-0.15, -0.1) is 0 Å².